The summed E-state index contributed by atoms with van der Waals surface area (Å²) in [6.45, 7) is -2.71. The van der Waals surface area contributed by atoms with Gasteiger partial charge < -0.3 is 20.7 Å². The minimum absolute atomic E-state index is 0.0458. The van der Waals surface area contributed by atoms with Crippen molar-refractivity contribution in [3.8, 4) is 16.9 Å². The summed E-state index contributed by atoms with van der Waals surface area (Å²) in [5.41, 5.74) is 2.04. The van der Waals surface area contributed by atoms with E-state index in [0.29, 0.717) is 21.9 Å². The van der Waals surface area contributed by atoms with Crippen LogP contribution in [0.4, 0.5) is 17.2 Å². The van der Waals surface area contributed by atoms with Crippen molar-refractivity contribution >= 4 is 38.7 Å². The number of anilines is 3. The number of ether oxygens (including phenoxy) is 1. The summed E-state index contributed by atoms with van der Waals surface area (Å²) >= 11 is 0. The SMILES string of the molecule is [2H]C([2H])([2H])NC(=O)c1cnc(NC(=O)C2CC2)cc1Nc1cccc(-c2ccc([S@](C)(=N)=O)cc2)c1OC. The Bertz CT molecular complexity index is 1490. The largest absolute Gasteiger partial charge is 0.494 e. The van der Waals surface area contributed by atoms with Gasteiger partial charge >= 0.3 is 0 Å². The molecule has 4 N–H and O–H groups in total. The van der Waals surface area contributed by atoms with E-state index in [2.05, 4.69) is 15.6 Å². The van der Waals surface area contributed by atoms with E-state index in [9.17, 15) is 13.8 Å². The molecule has 9 nitrogen and oxygen atoms in total. The average molecular weight is 497 g/mol. The number of aromatic nitrogens is 1. The van der Waals surface area contributed by atoms with E-state index >= 15 is 0 Å². The highest BCUT2D eigenvalue weighted by Gasteiger charge is 2.30. The molecule has 35 heavy (non-hydrogen) atoms. The first-order chi connectivity index (χ1) is 17.9. The number of hydrogen-bond acceptors (Lipinski definition) is 7. The Hall–Kier alpha value is -3.92. The van der Waals surface area contributed by atoms with Crippen molar-refractivity contribution in [2.45, 2.75) is 17.7 Å². The Morgan fingerprint density at radius 2 is 1.91 bits per heavy atom. The van der Waals surface area contributed by atoms with Crippen molar-refractivity contribution in [3.63, 3.8) is 0 Å². The zero-order chi connectivity index (χ0) is 27.7. The third-order valence-electron chi connectivity index (χ3n) is 5.57. The lowest BCUT2D eigenvalue weighted by Crippen LogP contribution is -2.20. The third-order valence-corrected chi connectivity index (χ3v) is 6.74. The van der Waals surface area contributed by atoms with Crippen molar-refractivity contribution in [2.75, 3.05) is 31.0 Å². The second-order valence-corrected chi connectivity index (χ2v) is 10.4. The lowest BCUT2D eigenvalue weighted by molar-refractivity contribution is -0.117. The van der Waals surface area contributed by atoms with Gasteiger partial charge in [0.15, 0.2) is 0 Å². The second kappa shape index (κ2) is 9.75. The molecule has 1 fully saturated rings. The number of benzene rings is 2. The van der Waals surface area contributed by atoms with Gasteiger partial charge in [0, 0.05) is 46.0 Å². The fraction of sp³-hybridized carbons (Fsp3) is 0.240. The van der Waals surface area contributed by atoms with E-state index in [1.165, 1.54) is 25.6 Å². The Kier molecular flexibility index (Phi) is 5.70. The fourth-order valence-electron chi connectivity index (χ4n) is 3.57. The number of pyridine rings is 1. The molecule has 1 saturated carbocycles. The minimum Gasteiger partial charge on any atom is -0.494 e. The maximum atomic E-state index is 12.8. The molecule has 1 atom stereocenters. The van der Waals surface area contributed by atoms with E-state index in [-0.39, 0.29) is 28.9 Å². The zero-order valence-corrected chi connectivity index (χ0v) is 20.0. The van der Waals surface area contributed by atoms with Gasteiger partial charge in [-0.3, -0.25) is 9.59 Å². The number of carbonyl (C=O) groups excluding carboxylic acids is 2. The maximum absolute atomic E-state index is 12.8. The smallest absolute Gasteiger partial charge is 0.254 e. The molecule has 3 aromatic rings. The Balaban J connectivity index is 1.73. The van der Waals surface area contributed by atoms with Gasteiger partial charge in [0.1, 0.15) is 11.6 Å². The van der Waals surface area contributed by atoms with Crippen LogP contribution in [0.25, 0.3) is 11.1 Å². The van der Waals surface area contributed by atoms with E-state index in [0.717, 1.165) is 18.4 Å². The van der Waals surface area contributed by atoms with Crippen LogP contribution >= 0.6 is 0 Å². The Morgan fingerprint density at radius 3 is 2.54 bits per heavy atom. The zero-order valence-electron chi connectivity index (χ0n) is 22.2. The summed E-state index contributed by atoms with van der Waals surface area (Å²) in [4.78, 5) is 29.6. The van der Waals surface area contributed by atoms with E-state index in [1.54, 1.807) is 36.4 Å². The number of carbonyl (C=O) groups is 2. The van der Waals surface area contributed by atoms with Gasteiger partial charge in [-0.15, -0.1) is 0 Å². The highest BCUT2D eigenvalue weighted by atomic mass is 32.2. The highest BCUT2D eigenvalue weighted by molar-refractivity contribution is 7.91. The first-order valence-electron chi connectivity index (χ1n) is 12.3. The summed E-state index contributed by atoms with van der Waals surface area (Å²) in [5, 5.41) is 7.81. The number of para-hydroxylation sites is 1. The molecular weight excluding hydrogens is 466 g/mol. The summed E-state index contributed by atoms with van der Waals surface area (Å²) in [6.07, 6.45) is 4.16. The number of nitrogens with zero attached hydrogens (tertiary/aromatic N) is 1. The highest BCUT2D eigenvalue weighted by Crippen LogP contribution is 2.39. The van der Waals surface area contributed by atoms with E-state index < -0.39 is 22.6 Å². The van der Waals surface area contributed by atoms with Crippen LogP contribution in [-0.2, 0) is 14.5 Å². The first-order valence-corrected chi connectivity index (χ1v) is 12.7. The van der Waals surface area contributed by atoms with Crippen molar-refractivity contribution in [1.82, 2.24) is 10.3 Å². The van der Waals surface area contributed by atoms with Crippen LogP contribution in [0.5, 0.6) is 5.75 Å². The van der Waals surface area contributed by atoms with Crippen LogP contribution in [0.2, 0.25) is 0 Å². The molecule has 0 radical (unpaired) electrons. The van der Waals surface area contributed by atoms with Crippen LogP contribution in [0.3, 0.4) is 0 Å². The molecule has 0 aliphatic heterocycles. The van der Waals surface area contributed by atoms with Gasteiger partial charge in [-0.05, 0) is 36.6 Å². The topological polar surface area (TPSA) is 133 Å². The molecular formula is C25H27N5O4S. The van der Waals surface area contributed by atoms with Crippen LogP contribution < -0.4 is 20.7 Å². The molecule has 0 bridgehead atoms. The minimum atomic E-state index is -2.86. The van der Waals surface area contributed by atoms with Crippen molar-refractivity contribution in [2.24, 2.45) is 5.92 Å². The van der Waals surface area contributed by atoms with Gasteiger partial charge in [0.2, 0.25) is 5.91 Å². The number of nitrogens with one attached hydrogen (secondary N) is 4. The first kappa shape index (κ1) is 20.5. The lowest BCUT2D eigenvalue weighted by Gasteiger charge is -2.18. The number of hydrogen-bond donors (Lipinski definition) is 4. The predicted molar refractivity (Wildman–Crippen MR) is 136 cm³/mol. The normalized spacial score (nSPS) is 16.1. The quantitative estimate of drug-likeness (QED) is 0.369. The summed E-state index contributed by atoms with van der Waals surface area (Å²) < 4.78 is 47.7. The molecule has 2 aromatic carbocycles. The molecule has 10 heteroatoms. The molecule has 0 spiro atoms. The van der Waals surface area contributed by atoms with Crippen molar-refractivity contribution in [3.05, 3.63) is 60.3 Å². The molecule has 4 rings (SSSR count). The molecule has 1 aliphatic rings. The molecule has 182 valence electrons. The van der Waals surface area contributed by atoms with Crippen molar-refractivity contribution in [1.29, 1.82) is 4.78 Å². The number of methoxy groups -OCH3 is 1. The van der Waals surface area contributed by atoms with Crippen LogP contribution in [0.15, 0.2) is 59.6 Å². The third kappa shape index (κ3) is 5.43. The molecule has 1 aliphatic carbocycles. The van der Waals surface area contributed by atoms with Crippen LogP contribution in [-0.4, -0.2) is 41.3 Å². The predicted octanol–water partition coefficient (Wildman–Crippen LogP) is 4.24. The lowest BCUT2D eigenvalue weighted by atomic mass is 10.0. The average Bonchev–Trinajstić information content (AvgIpc) is 3.68. The monoisotopic (exact) mass is 496 g/mol. The van der Waals surface area contributed by atoms with E-state index in [4.69, 9.17) is 13.6 Å². The van der Waals surface area contributed by atoms with Gasteiger partial charge in [-0.25, -0.2) is 14.0 Å². The summed E-state index contributed by atoms with van der Waals surface area (Å²) in [5.74, 6) is -0.477. The summed E-state index contributed by atoms with van der Waals surface area (Å²) in [7, 11) is -1.38. The number of rotatable bonds is 8. The fourth-order valence-corrected chi connectivity index (χ4v) is 4.23. The van der Waals surface area contributed by atoms with Gasteiger partial charge in [-0.2, -0.15) is 0 Å². The van der Waals surface area contributed by atoms with Gasteiger partial charge in [-0.1, -0.05) is 24.3 Å². The van der Waals surface area contributed by atoms with Gasteiger partial charge in [0.05, 0.1) is 33.8 Å². The molecule has 1 aromatic heterocycles. The standard InChI is InChI=1S/C25H27N5O4S/c1-27-25(32)19-14-28-22(30-24(31)16-7-8-16)13-21(19)29-20-6-4-5-18(23(20)34-2)15-9-11-17(12-10-15)35(3,26)33/h4-6,9-14,16,26H,7-8H2,1-3H3,(H,27,32)(H2,28,29,30,31)/t35-/m1/s1/i1D3. The summed E-state index contributed by atoms with van der Waals surface area (Å²) in [6, 6.07) is 13.5. The Labute approximate surface area is 208 Å². The molecule has 1 heterocycles. The second-order valence-electron chi connectivity index (χ2n) is 8.21. The molecule has 2 amide bonds. The van der Waals surface area contributed by atoms with Crippen LogP contribution in [0.1, 0.15) is 27.3 Å². The van der Waals surface area contributed by atoms with E-state index in [1.807, 2.05) is 11.4 Å². The van der Waals surface area contributed by atoms with Crippen LogP contribution in [0, 0.1) is 10.7 Å². The molecule has 0 unspecified atom stereocenters. The van der Waals surface area contributed by atoms with Gasteiger partial charge in [0.25, 0.3) is 5.91 Å². The Morgan fingerprint density at radius 1 is 1.17 bits per heavy atom. The molecule has 0 saturated heterocycles. The maximum Gasteiger partial charge on any atom is 0.254 e. The number of amides is 2. The van der Waals surface area contributed by atoms with Crippen molar-refractivity contribution < 1.29 is 22.6 Å².